The Labute approximate surface area is 205 Å². The fourth-order valence-corrected chi connectivity index (χ4v) is 3.66. The predicted molar refractivity (Wildman–Crippen MR) is 136 cm³/mol. The number of hydrogen-bond donors (Lipinski definition) is 1. The number of rotatable bonds is 8. The van der Waals surface area contributed by atoms with Gasteiger partial charge in [-0.05, 0) is 58.7 Å². The van der Waals surface area contributed by atoms with Gasteiger partial charge >= 0.3 is 0 Å². The lowest BCUT2D eigenvalue weighted by Crippen LogP contribution is -2.36. The monoisotopic (exact) mass is 481 g/mol. The number of methoxy groups -OCH3 is 1. The molecule has 1 fully saturated rings. The van der Waals surface area contributed by atoms with E-state index >= 15 is 0 Å². The van der Waals surface area contributed by atoms with Gasteiger partial charge in [-0.15, -0.1) is 0 Å². The maximum absolute atomic E-state index is 14.3. The van der Waals surface area contributed by atoms with Gasteiger partial charge in [0.2, 0.25) is 5.88 Å². The standard InChI is InChI=1S/C26H32FN5O3/c1-17(31-24(33)19-7-8-29-23(15-19)26(3,4)27)13-21(18(2)28-5)20-14-22(25(34-6)30-16-20)32-9-11-35-12-10-32/h7-8,13-16H,5,9-12H2,1-4,6H3,(H,31,33)/b17-13+,21-18+. The molecule has 0 atom stereocenters. The molecule has 0 aliphatic carbocycles. The van der Waals surface area contributed by atoms with Crippen molar-refractivity contribution >= 4 is 23.9 Å². The molecule has 0 spiro atoms. The number of nitrogens with zero attached hydrogens (tertiary/aromatic N) is 4. The van der Waals surface area contributed by atoms with Crippen LogP contribution in [0.2, 0.25) is 0 Å². The van der Waals surface area contributed by atoms with Gasteiger partial charge in [0.15, 0.2) is 0 Å². The molecule has 0 aromatic carbocycles. The third kappa shape index (κ3) is 6.51. The Morgan fingerprint density at radius 1 is 1.26 bits per heavy atom. The summed E-state index contributed by atoms with van der Waals surface area (Å²) >= 11 is 0. The second-order valence-corrected chi connectivity index (χ2v) is 8.69. The maximum atomic E-state index is 14.3. The summed E-state index contributed by atoms with van der Waals surface area (Å²) in [6.07, 6.45) is 4.95. The predicted octanol–water partition coefficient (Wildman–Crippen LogP) is 4.29. The number of nitrogens with one attached hydrogen (secondary N) is 1. The van der Waals surface area contributed by atoms with Gasteiger partial charge in [-0.25, -0.2) is 9.37 Å². The largest absolute Gasteiger partial charge is 0.480 e. The topological polar surface area (TPSA) is 88.9 Å². The summed E-state index contributed by atoms with van der Waals surface area (Å²) in [4.78, 5) is 27.6. The van der Waals surface area contributed by atoms with Gasteiger partial charge in [0.05, 0.1) is 26.0 Å². The zero-order valence-electron chi connectivity index (χ0n) is 20.9. The van der Waals surface area contributed by atoms with Crippen LogP contribution in [0.1, 0.15) is 49.3 Å². The first-order valence-electron chi connectivity index (χ1n) is 11.3. The van der Waals surface area contributed by atoms with E-state index < -0.39 is 5.67 Å². The van der Waals surface area contributed by atoms with Crippen molar-refractivity contribution in [3.05, 3.63) is 64.9 Å². The lowest BCUT2D eigenvalue weighted by atomic mass is 10.0. The summed E-state index contributed by atoms with van der Waals surface area (Å²) in [7, 11) is 1.59. The van der Waals surface area contributed by atoms with Crippen LogP contribution in [0, 0.1) is 0 Å². The summed E-state index contributed by atoms with van der Waals surface area (Å²) in [5.74, 6) is 0.162. The van der Waals surface area contributed by atoms with E-state index in [1.54, 1.807) is 26.3 Å². The molecule has 0 bridgehead atoms. The summed E-state index contributed by atoms with van der Waals surface area (Å²) < 4.78 is 25.2. The normalized spacial score (nSPS) is 15.4. The van der Waals surface area contributed by atoms with Crippen molar-refractivity contribution in [2.24, 2.45) is 4.99 Å². The number of carbonyl (C=O) groups excluding carboxylic acids is 1. The molecule has 1 aliphatic rings. The Balaban J connectivity index is 1.91. The lowest BCUT2D eigenvalue weighted by Gasteiger charge is -2.29. The number of aliphatic imine (C=N–C) groups is 1. The lowest BCUT2D eigenvalue weighted by molar-refractivity contribution is 0.0965. The van der Waals surface area contributed by atoms with Crippen molar-refractivity contribution in [1.82, 2.24) is 15.3 Å². The Kier molecular flexibility index (Phi) is 8.34. The number of aromatic nitrogens is 2. The second kappa shape index (κ2) is 11.2. The Bertz CT molecular complexity index is 1150. The molecule has 2 aromatic heterocycles. The smallest absolute Gasteiger partial charge is 0.255 e. The SMILES string of the molecule is C=N/C(C)=C(\C=C(/C)NC(=O)c1ccnc(C(C)(C)F)c1)c1cnc(OC)c(N2CCOCC2)c1. The first kappa shape index (κ1) is 26.0. The van der Waals surface area contributed by atoms with E-state index in [-0.39, 0.29) is 11.6 Å². The van der Waals surface area contributed by atoms with E-state index in [2.05, 4.69) is 31.9 Å². The van der Waals surface area contributed by atoms with Crippen LogP contribution < -0.4 is 15.0 Å². The second-order valence-electron chi connectivity index (χ2n) is 8.69. The average molecular weight is 482 g/mol. The van der Waals surface area contributed by atoms with Crippen LogP contribution in [0.4, 0.5) is 10.1 Å². The zero-order chi connectivity index (χ0) is 25.6. The minimum Gasteiger partial charge on any atom is -0.480 e. The maximum Gasteiger partial charge on any atom is 0.255 e. The third-order valence-corrected chi connectivity index (χ3v) is 5.62. The minimum absolute atomic E-state index is 0.194. The van der Waals surface area contributed by atoms with E-state index in [0.29, 0.717) is 36.1 Å². The van der Waals surface area contributed by atoms with E-state index in [1.807, 2.05) is 19.1 Å². The van der Waals surface area contributed by atoms with Crippen LogP contribution in [-0.4, -0.2) is 56.0 Å². The molecule has 8 nitrogen and oxygen atoms in total. The van der Waals surface area contributed by atoms with E-state index in [9.17, 15) is 9.18 Å². The molecular formula is C26H32FN5O3. The molecular weight excluding hydrogens is 449 g/mol. The molecule has 1 amide bonds. The number of alkyl halides is 1. The number of amides is 1. The summed E-state index contributed by atoms with van der Waals surface area (Å²) in [6.45, 7) is 12.8. The number of anilines is 1. The summed E-state index contributed by atoms with van der Waals surface area (Å²) in [6, 6.07) is 5.00. The molecule has 0 saturated carbocycles. The van der Waals surface area contributed by atoms with Crippen molar-refractivity contribution in [1.29, 1.82) is 0 Å². The molecule has 1 N–H and O–H groups in total. The van der Waals surface area contributed by atoms with Crippen LogP contribution in [-0.2, 0) is 10.4 Å². The van der Waals surface area contributed by atoms with Gasteiger partial charge in [-0.3, -0.25) is 14.8 Å². The van der Waals surface area contributed by atoms with E-state index in [1.165, 1.54) is 26.1 Å². The molecule has 186 valence electrons. The number of allylic oxidation sites excluding steroid dienone is 4. The Morgan fingerprint density at radius 3 is 2.60 bits per heavy atom. The van der Waals surface area contributed by atoms with E-state index in [4.69, 9.17) is 9.47 Å². The molecule has 35 heavy (non-hydrogen) atoms. The van der Waals surface area contributed by atoms with Crippen LogP contribution in [0.25, 0.3) is 5.57 Å². The molecule has 1 saturated heterocycles. The summed E-state index contributed by atoms with van der Waals surface area (Å²) in [5, 5.41) is 2.86. The highest BCUT2D eigenvalue weighted by atomic mass is 19.1. The van der Waals surface area contributed by atoms with Crippen molar-refractivity contribution in [2.75, 3.05) is 38.3 Å². The van der Waals surface area contributed by atoms with Gasteiger partial charge in [0.1, 0.15) is 11.4 Å². The molecule has 0 radical (unpaired) electrons. The first-order chi connectivity index (χ1) is 16.6. The number of pyridine rings is 2. The zero-order valence-corrected chi connectivity index (χ0v) is 20.9. The molecule has 9 heteroatoms. The fourth-order valence-electron chi connectivity index (χ4n) is 3.66. The first-order valence-corrected chi connectivity index (χ1v) is 11.3. The Morgan fingerprint density at radius 2 is 1.97 bits per heavy atom. The molecule has 3 rings (SSSR count). The van der Waals surface area contributed by atoms with E-state index in [0.717, 1.165) is 29.9 Å². The third-order valence-electron chi connectivity index (χ3n) is 5.62. The molecule has 3 heterocycles. The highest BCUT2D eigenvalue weighted by Crippen LogP contribution is 2.32. The molecule has 2 aromatic rings. The number of hydrogen-bond acceptors (Lipinski definition) is 7. The van der Waals surface area contributed by atoms with Crippen molar-refractivity contribution < 1.29 is 18.7 Å². The quantitative estimate of drug-likeness (QED) is 0.447. The van der Waals surface area contributed by atoms with Gasteiger partial charge in [-0.1, -0.05) is 0 Å². The van der Waals surface area contributed by atoms with Gasteiger partial charge < -0.3 is 19.7 Å². The van der Waals surface area contributed by atoms with Crippen molar-refractivity contribution in [2.45, 2.75) is 33.4 Å². The number of ether oxygens (including phenoxy) is 2. The van der Waals surface area contributed by atoms with Gasteiger partial charge in [0.25, 0.3) is 5.91 Å². The van der Waals surface area contributed by atoms with Gasteiger partial charge in [0, 0.05) is 53.6 Å². The highest BCUT2D eigenvalue weighted by molar-refractivity contribution is 5.95. The van der Waals surface area contributed by atoms with Crippen LogP contribution in [0.3, 0.4) is 0 Å². The van der Waals surface area contributed by atoms with Gasteiger partial charge in [-0.2, -0.15) is 0 Å². The minimum atomic E-state index is -1.65. The Hall–Kier alpha value is -3.59. The fraction of sp³-hybridized carbons (Fsp3) is 0.385. The number of morpholine rings is 1. The van der Waals surface area contributed by atoms with Crippen molar-refractivity contribution in [3.8, 4) is 5.88 Å². The van der Waals surface area contributed by atoms with Crippen LogP contribution >= 0.6 is 0 Å². The number of halogens is 1. The molecule has 1 aliphatic heterocycles. The highest BCUT2D eigenvalue weighted by Gasteiger charge is 2.22. The number of carbonyl (C=O) groups is 1. The van der Waals surface area contributed by atoms with Crippen molar-refractivity contribution in [3.63, 3.8) is 0 Å². The van der Waals surface area contributed by atoms with Crippen LogP contribution in [0.15, 0.2) is 53.1 Å². The molecule has 0 unspecified atom stereocenters. The van der Waals surface area contributed by atoms with Crippen LogP contribution in [0.5, 0.6) is 5.88 Å². The summed E-state index contributed by atoms with van der Waals surface area (Å²) in [5.41, 5.74) is 2.52. The average Bonchev–Trinajstić information content (AvgIpc) is 2.86.